The number of nitrogens with zero attached hydrogens (tertiary/aromatic N) is 2. The molecule has 0 spiro atoms. The van der Waals surface area contributed by atoms with Crippen molar-refractivity contribution in [3.05, 3.63) is 121 Å². The van der Waals surface area contributed by atoms with E-state index in [2.05, 4.69) is 130 Å². The van der Waals surface area contributed by atoms with Crippen molar-refractivity contribution in [2.75, 3.05) is 0 Å². The molecule has 5 heteroatoms. The molecule has 13 rings (SSSR count). The lowest BCUT2D eigenvalue weighted by atomic mass is 9.94. The minimum Gasteiger partial charge on any atom is -0.309 e. The Morgan fingerprint density at radius 2 is 0.830 bits per heavy atom. The molecule has 0 N–H and O–H groups in total. The maximum atomic E-state index is 2.57. The van der Waals surface area contributed by atoms with Crippen molar-refractivity contribution in [1.29, 1.82) is 0 Å². The van der Waals surface area contributed by atoms with Crippen molar-refractivity contribution in [2.24, 2.45) is 0 Å². The average molecular weight is 649 g/mol. The van der Waals surface area contributed by atoms with Gasteiger partial charge in [0.15, 0.2) is 0 Å². The van der Waals surface area contributed by atoms with Crippen molar-refractivity contribution >= 4 is 138 Å². The molecule has 216 valence electrons. The first kappa shape index (κ1) is 24.0. The molecule has 0 radical (unpaired) electrons. The molecule has 0 aliphatic heterocycles. The lowest BCUT2D eigenvalue weighted by molar-refractivity contribution is 1.18. The van der Waals surface area contributed by atoms with Gasteiger partial charge in [-0.25, -0.2) is 0 Å². The SMILES string of the molecule is c1ccc(-n2c3ccccc3c3c4c5ccccc5n(-c5cc6sc7ccc8sc9ccc%10sc5c5c6c7c8c9c%105)c4ccc32)cc1. The molecule has 5 heterocycles. The standard InChI is InChI=1S/C42H20N2S3/c1-2-8-21(9-3-1)43-24-12-6-4-10-22(24)34-26(43)14-15-27-35(34)23-11-5-7-13-25(23)44(27)28-20-33-40-38-31(46-33)17-16-29-36(38)37-30(45-29)18-19-32-39(37)41(40)42(28)47-32/h1-20H. The highest BCUT2D eigenvalue weighted by Gasteiger charge is 2.28. The monoisotopic (exact) mass is 648 g/mol. The van der Waals surface area contributed by atoms with Gasteiger partial charge in [-0.05, 0) is 66.7 Å². The van der Waals surface area contributed by atoms with Crippen LogP contribution in [-0.4, -0.2) is 9.13 Å². The quantitative estimate of drug-likeness (QED) is 0.165. The van der Waals surface area contributed by atoms with E-state index < -0.39 is 0 Å². The van der Waals surface area contributed by atoms with E-state index in [1.807, 2.05) is 34.0 Å². The van der Waals surface area contributed by atoms with Crippen molar-refractivity contribution < 1.29 is 0 Å². The molecular formula is C42H20N2S3. The van der Waals surface area contributed by atoms with Crippen LogP contribution in [-0.2, 0) is 0 Å². The normalized spacial score (nSPS) is 13.1. The van der Waals surface area contributed by atoms with E-state index in [1.165, 1.54) is 116 Å². The third-order valence-corrected chi connectivity index (χ3v) is 14.0. The second kappa shape index (κ2) is 8.01. The number of para-hydroxylation sites is 3. The van der Waals surface area contributed by atoms with E-state index >= 15 is 0 Å². The Morgan fingerprint density at radius 3 is 1.49 bits per heavy atom. The summed E-state index contributed by atoms with van der Waals surface area (Å²) in [5, 5.41) is 14.0. The van der Waals surface area contributed by atoms with Crippen molar-refractivity contribution in [2.45, 2.75) is 0 Å². The van der Waals surface area contributed by atoms with Gasteiger partial charge in [0.05, 0.1) is 32.5 Å². The van der Waals surface area contributed by atoms with E-state index in [9.17, 15) is 0 Å². The van der Waals surface area contributed by atoms with Crippen LogP contribution in [0.15, 0.2) is 121 Å². The Labute approximate surface area is 278 Å². The van der Waals surface area contributed by atoms with Crippen molar-refractivity contribution in [3.8, 4) is 11.4 Å². The summed E-state index contributed by atoms with van der Waals surface area (Å²) >= 11 is 5.87. The second-order valence-electron chi connectivity index (χ2n) is 12.8. The van der Waals surface area contributed by atoms with Crippen LogP contribution in [0.3, 0.4) is 0 Å². The molecule has 0 aliphatic carbocycles. The van der Waals surface area contributed by atoms with Gasteiger partial charge in [0.1, 0.15) is 0 Å². The van der Waals surface area contributed by atoms with E-state index in [0.717, 1.165) is 0 Å². The number of hydrogen-bond acceptors (Lipinski definition) is 3. The van der Waals surface area contributed by atoms with Crippen LogP contribution in [0.25, 0.3) is 116 Å². The maximum Gasteiger partial charge on any atom is 0.0655 e. The largest absolute Gasteiger partial charge is 0.309 e. The third-order valence-electron chi connectivity index (χ3n) is 10.6. The van der Waals surface area contributed by atoms with Gasteiger partial charge in [-0.1, -0.05) is 54.6 Å². The van der Waals surface area contributed by atoms with Crippen molar-refractivity contribution in [3.63, 3.8) is 0 Å². The lowest BCUT2D eigenvalue weighted by Gasteiger charge is -2.12. The van der Waals surface area contributed by atoms with Gasteiger partial charge in [0.2, 0.25) is 0 Å². The van der Waals surface area contributed by atoms with Gasteiger partial charge in [0.25, 0.3) is 0 Å². The number of thiophene rings is 3. The molecule has 2 nitrogen and oxygen atoms in total. The summed E-state index contributed by atoms with van der Waals surface area (Å²) in [6, 6.07) is 45.4. The molecule has 13 aromatic rings. The van der Waals surface area contributed by atoms with Gasteiger partial charge in [-0.2, -0.15) is 0 Å². The Hall–Kier alpha value is -5.20. The fourth-order valence-corrected chi connectivity index (χ4v) is 12.4. The summed E-state index contributed by atoms with van der Waals surface area (Å²) in [5.74, 6) is 0. The Morgan fingerprint density at radius 1 is 0.340 bits per heavy atom. The summed E-state index contributed by atoms with van der Waals surface area (Å²) < 4.78 is 13.4. The molecule has 0 saturated heterocycles. The zero-order chi connectivity index (χ0) is 30.1. The topological polar surface area (TPSA) is 9.86 Å². The molecule has 5 aromatic heterocycles. The minimum absolute atomic E-state index is 1.19. The van der Waals surface area contributed by atoms with Crippen molar-refractivity contribution in [1.82, 2.24) is 9.13 Å². The smallest absolute Gasteiger partial charge is 0.0655 e. The fraction of sp³-hybridized carbons (Fsp3) is 0. The third kappa shape index (κ3) is 2.67. The van der Waals surface area contributed by atoms with Crippen LogP contribution in [0.5, 0.6) is 0 Å². The van der Waals surface area contributed by atoms with Gasteiger partial charge < -0.3 is 9.13 Å². The number of hydrogen-bond donors (Lipinski definition) is 0. The van der Waals surface area contributed by atoms with E-state index in [1.54, 1.807) is 0 Å². The predicted octanol–water partition coefficient (Wildman–Crippen LogP) is 13.3. The molecular weight excluding hydrogens is 629 g/mol. The molecule has 0 saturated carbocycles. The first-order valence-corrected chi connectivity index (χ1v) is 18.4. The summed E-state index contributed by atoms with van der Waals surface area (Å²) in [5.41, 5.74) is 7.47. The van der Waals surface area contributed by atoms with E-state index in [-0.39, 0.29) is 0 Å². The number of fused-ring (bicyclic) bond motifs is 7. The Balaban J connectivity index is 1.26. The predicted molar refractivity (Wildman–Crippen MR) is 207 cm³/mol. The van der Waals surface area contributed by atoms with Gasteiger partial charge in [-0.15, -0.1) is 34.0 Å². The van der Waals surface area contributed by atoms with E-state index in [4.69, 9.17) is 0 Å². The summed E-state index contributed by atoms with van der Waals surface area (Å²) in [6.07, 6.45) is 0. The first-order valence-electron chi connectivity index (χ1n) is 15.9. The number of rotatable bonds is 2. The summed E-state index contributed by atoms with van der Waals surface area (Å²) in [7, 11) is 0. The average Bonchev–Trinajstić information content (AvgIpc) is 3.91. The lowest BCUT2D eigenvalue weighted by Crippen LogP contribution is -1.95. The highest BCUT2D eigenvalue weighted by atomic mass is 32.1. The van der Waals surface area contributed by atoms with E-state index in [0.29, 0.717) is 0 Å². The molecule has 47 heavy (non-hydrogen) atoms. The second-order valence-corrected chi connectivity index (χ2v) is 16.0. The number of aromatic nitrogens is 2. The van der Waals surface area contributed by atoms with Crippen LogP contribution < -0.4 is 0 Å². The van der Waals surface area contributed by atoms with Crippen LogP contribution >= 0.6 is 34.0 Å². The van der Waals surface area contributed by atoms with Crippen LogP contribution in [0, 0.1) is 0 Å². The highest BCUT2D eigenvalue weighted by Crippen LogP contribution is 2.57. The van der Waals surface area contributed by atoms with Crippen LogP contribution in [0.1, 0.15) is 0 Å². The zero-order valence-electron chi connectivity index (χ0n) is 24.7. The van der Waals surface area contributed by atoms with Gasteiger partial charge >= 0.3 is 0 Å². The Kier molecular flexibility index (Phi) is 4.10. The molecule has 0 aliphatic rings. The molecule has 8 aromatic carbocycles. The molecule has 0 bridgehead atoms. The summed E-state index contributed by atoms with van der Waals surface area (Å²) in [6.45, 7) is 0. The molecule has 0 unspecified atom stereocenters. The molecule has 0 atom stereocenters. The highest BCUT2D eigenvalue weighted by molar-refractivity contribution is 7.30. The molecule has 0 amide bonds. The van der Waals surface area contributed by atoms with Crippen LogP contribution in [0.2, 0.25) is 0 Å². The van der Waals surface area contributed by atoms with Gasteiger partial charge in [0, 0.05) is 83.0 Å². The van der Waals surface area contributed by atoms with Crippen LogP contribution in [0.4, 0.5) is 0 Å². The number of benzene rings is 8. The first-order chi connectivity index (χ1) is 23.3. The van der Waals surface area contributed by atoms with Gasteiger partial charge in [-0.3, -0.25) is 0 Å². The molecule has 0 fully saturated rings. The minimum atomic E-state index is 1.19. The maximum absolute atomic E-state index is 2.57. The zero-order valence-corrected chi connectivity index (χ0v) is 27.1. The fourth-order valence-electron chi connectivity index (χ4n) is 8.91. The summed E-state index contributed by atoms with van der Waals surface area (Å²) in [4.78, 5) is 0. The Bertz CT molecular complexity index is 3380.